The van der Waals surface area contributed by atoms with Crippen LogP contribution in [0.15, 0.2) is 12.3 Å². The molecule has 0 radical (unpaired) electrons. The van der Waals surface area contributed by atoms with E-state index >= 15 is 0 Å². The number of hydrogen-bond acceptors (Lipinski definition) is 0. The average Bonchev–Trinajstić information content (AvgIpc) is 1.83. The third-order valence-corrected chi connectivity index (χ3v) is 3.59. The fourth-order valence-electron chi connectivity index (χ4n) is 0.517. The van der Waals surface area contributed by atoms with Crippen LogP contribution in [0.3, 0.4) is 0 Å². The highest BCUT2D eigenvalue weighted by atomic mass is 35.5. The van der Waals surface area contributed by atoms with Crippen molar-refractivity contribution >= 4 is 20.4 Å². The summed E-state index contributed by atoms with van der Waals surface area (Å²) in [4.78, 5) is 0. The molecular weight excluding hydrogens is 136 g/mol. The molecule has 8 heavy (non-hydrogen) atoms. The van der Waals surface area contributed by atoms with Crippen molar-refractivity contribution in [2.24, 2.45) is 0 Å². The lowest BCUT2D eigenvalue weighted by atomic mass is 10.6. The predicted molar refractivity (Wildman–Crippen MR) is 43.4 cm³/mol. The maximum Gasteiger partial charge on any atom is 0.0577 e. The number of rotatable bonds is 4. The maximum absolute atomic E-state index is 5.49. The van der Waals surface area contributed by atoms with E-state index in [0.717, 1.165) is 5.88 Å². The second-order valence-electron chi connectivity index (χ2n) is 2.04. The van der Waals surface area contributed by atoms with Crippen molar-refractivity contribution in [2.45, 2.75) is 19.0 Å². The van der Waals surface area contributed by atoms with Gasteiger partial charge in [0.25, 0.3) is 0 Å². The molecule has 0 bridgehead atoms. The Morgan fingerprint density at radius 1 is 1.75 bits per heavy atom. The zero-order chi connectivity index (χ0) is 6.41. The van der Waals surface area contributed by atoms with Crippen LogP contribution >= 0.6 is 11.6 Å². The Morgan fingerprint density at radius 3 is 2.75 bits per heavy atom. The van der Waals surface area contributed by atoms with Crippen LogP contribution in [-0.4, -0.2) is 14.7 Å². The first-order chi connectivity index (χ1) is 3.81. The van der Waals surface area contributed by atoms with Crippen molar-refractivity contribution in [3.05, 3.63) is 12.3 Å². The minimum Gasteiger partial charge on any atom is -0.127 e. The van der Waals surface area contributed by atoms with Gasteiger partial charge in [0, 0.05) is 5.88 Å². The van der Waals surface area contributed by atoms with Crippen LogP contribution < -0.4 is 0 Å². The van der Waals surface area contributed by atoms with Gasteiger partial charge in [-0.2, -0.15) is 0 Å². The summed E-state index contributed by atoms with van der Waals surface area (Å²) in [5.74, 6) is 0.811. The summed E-state index contributed by atoms with van der Waals surface area (Å²) in [7, 11) is -0.520. The Balaban J connectivity index is 2.98. The summed E-state index contributed by atoms with van der Waals surface area (Å²) in [6, 6.07) is 1.31. The molecule has 0 aromatic rings. The van der Waals surface area contributed by atoms with Gasteiger partial charge in [0.1, 0.15) is 0 Å². The molecular formula is C6H13ClSi. The van der Waals surface area contributed by atoms with Gasteiger partial charge in [-0.15, -0.1) is 23.9 Å². The fraction of sp³-hybridized carbons (Fsp3) is 0.667. The molecule has 48 valence electrons. The lowest BCUT2D eigenvalue weighted by molar-refractivity contribution is 1.08. The molecule has 1 atom stereocenters. The van der Waals surface area contributed by atoms with E-state index in [2.05, 4.69) is 18.8 Å². The van der Waals surface area contributed by atoms with Gasteiger partial charge in [0.15, 0.2) is 0 Å². The van der Waals surface area contributed by atoms with Gasteiger partial charge in [0.05, 0.1) is 8.80 Å². The molecule has 0 saturated heterocycles. The van der Waals surface area contributed by atoms with Crippen LogP contribution in [0.2, 0.25) is 12.6 Å². The second-order valence-corrected chi connectivity index (χ2v) is 5.43. The Labute approximate surface area is 58.2 Å². The molecule has 0 aromatic heterocycles. The van der Waals surface area contributed by atoms with Crippen molar-refractivity contribution in [3.8, 4) is 0 Å². The topological polar surface area (TPSA) is 0 Å². The summed E-state index contributed by atoms with van der Waals surface area (Å²) in [6.45, 7) is 6.02. The predicted octanol–water partition coefficient (Wildman–Crippen LogP) is 2.20. The van der Waals surface area contributed by atoms with Gasteiger partial charge in [-0.05, 0) is 6.42 Å². The monoisotopic (exact) mass is 148 g/mol. The Morgan fingerprint density at radius 2 is 2.38 bits per heavy atom. The minimum absolute atomic E-state index is 0.520. The summed E-state index contributed by atoms with van der Waals surface area (Å²) in [5.41, 5.74) is 2.10. The summed E-state index contributed by atoms with van der Waals surface area (Å²) in [6.07, 6.45) is 1.17. The second kappa shape index (κ2) is 5.38. The smallest absolute Gasteiger partial charge is 0.0577 e. The molecule has 1 unspecified atom stereocenters. The zero-order valence-corrected chi connectivity index (χ0v) is 7.27. The van der Waals surface area contributed by atoms with Gasteiger partial charge in [0.2, 0.25) is 0 Å². The van der Waals surface area contributed by atoms with E-state index in [1.54, 1.807) is 0 Å². The van der Waals surface area contributed by atoms with Crippen LogP contribution in [-0.2, 0) is 0 Å². The third kappa shape index (κ3) is 4.41. The van der Waals surface area contributed by atoms with Crippen LogP contribution in [0, 0.1) is 0 Å². The molecule has 0 aromatic carbocycles. The van der Waals surface area contributed by atoms with Gasteiger partial charge in [-0.3, -0.25) is 0 Å². The summed E-state index contributed by atoms with van der Waals surface area (Å²) < 4.78 is 0. The molecule has 0 amide bonds. The van der Waals surface area contributed by atoms with E-state index in [4.69, 9.17) is 11.6 Å². The number of hydrogen-bond donors (Lipinski definition) is 0. The lowest BCUT2D eigenvalue weighted by Gasteiger charge is -1.98. The molecule has 2 heteroatoms. The summed E-state index contributed by atoms with van der Waals surface area (Å²) >= 11 is 5.49. The van der Waals surface area contributed by atoms with Crippen molar-refractivity contribution in [2.75, 3.05) is 5.88 Å². The quantitative estimate of drug-likeness (QED) is 0.424. The standard InChI is InChI=1S/C6H13ClSi/c1-3-8(2)6-4-5-7/h3,8H,1,4-6H2,2H3. The van der Waals surface area contributed by atoms with E-state index in [1.165, 1.54) is 12.5 Å². The molecule has 0 saturated carbocycles. The molecule has 0 rings (SSSR count). The van der Waals surface area contributed by atoms with Crippen LogP contribution in [0.5, 0.6) is 0 Å². The highest BCUT2D eigenvalue weighted by molar-refractivity contribution is 6.62. The molecule has 0 heterocycles. The van der Waals surface area contributed by atoms with Crippen molar-refractivity contribution in [1.29, 1.82) is 0 Å². The van der Waals surface area contributed by atoms with Crippen LogP contribution in [0.1, 0.15) is 6.42 Å². The van der Waals surface area contributed by atoms with Gasteiger partial charge in [-0.25, -0.2) is 0 Å². The van der Waals surface area contributed by atoms with Crippen molar-refractivity contribution < 1.29 is 0 Å². The first-order valence-electron chi connectivity index (χ1n) is 2.99. The highest BCUT2D eigenvalue weighted by Gasteiger charge is 1.94. The third-order valence-electron chi connectivity index (χ3n) is 1.20. The number of halogens is 1. The Hall–Kier alpha value is 0.247. The minimum atomic E-state index is -0.520. The zero-order valence-electron chi connectivity index (χ0n) is 5.36. The van der Waals surface area contributed by atoms with E-state index in [-0.39, 0.29) is 0 Å². The van der Waals surface area contributed by atoms with Gasteiger partial charge in [-0.1, -0.05) is 12.6 Å². The molecule has 0 aliphatic rings. The first kappa shape index (κ1) is 8.25. The van der Waals surface area contributed by atoms with Gasteiger partial charge < -0.3 is 0 Å². The maximum atomic E-state index is 5.49. The summed E-state index contributed by atoms with van der Waals surface area (Å²) in [5, 5.41) is 0. The molecule has 0 N–H and O–H groups in total. The normalized spacial score (nSPS) is 13.2. The first-order valence-corrected chi connectivity index (χ1v) is 6.17. The fourth-order valence-corrected chi connectivity index (χ4v) is 2.01. The highest BCUT2D eigenvalue weighted by Crippen LogP contribution is 1.98. The van der Waals surface area contributed by atoms with Crippen molar-refractivity contribution in [3.63, 3.8) is 0 Å². The van der Waals surface area contributed by atoms with E-state index in [0.29, 0.717) is 0 Å². The SMILES string of the molecule is C=C[SiH](C)CCCCl. The van der Waals surface area contributed by atoms with E-state index < -0.39 is 8.80 Å². The Kier molecular flexibility index (Phi) is 5.55. The van der Waals surface area contributed by atoms with E-state index in [9.17, 15) is 0 Å². The number of alkyl halides is 1. The molecule has 0 nitrogen and oxygen atoms in total. The van der Waals surface area contributed by atoms with E-state index in [1.807, 2.05) is 0 Å². The molecule has 0 spiro atoms. The molecule has 0 fully saturated rings. The average molecular weight is 149 g/mol. The largest absolute Gasteiger partial charge is 0.127 e. The Bertz CT molecular complexity index is 63.5. The lowest BCUT2D eigenvalue weighted by Crippen LogP contribution is -2.00. The van der Waals surface area contributed by atoms with Crippen LogP contribution in [0.25, 0.3) is 0 Å². The van der Waals surface area contributed by atoms with Crippen molar-refractivity contribution in [1.82, 2.24) is 0 Å². The van der Waals surface area contributed by atoms with Gasteiger partial charge >= 0.3 is 0 Å². The molecule has 0 aliphatic carbocycles. The van der Waals surface area contributed by atoms with Crippen LogP contribution in [0.4, 0.5) is 0 Å². The molecule has 0 aliphatic heterocycles.